The van der Waals surface area contributed by atoms with Gasteiger partial charge in [-0.3, -0.25) is 5.26 Å². The molecule has 0 amide bonds. The van der Waals surface area contributed by atoms with E-state index in [1.54, 1.807) is 6.08 Å². The number of hydrogen-bond donors (Lipinski definition) is 1. The molecule has 10 heavy (non-hydrogen) atoms. The molecule has 0 heterocycles. The molecular weight excluding hydrogens is 128 g/mol. The normalized spacial score (nSPS) is 13.8. The second-order valence-electron chi connectivity index (χ2n) is 1.99. The van der Waals surface area contributed by atoms with Crippen molar-refractivity contribution >= 4 is 0 Å². The molecule has 2 heteroatoms. The Morgan fingerprint density at radius 1 is 1.60 bits per heavy atom. The lowest BCUT2D eigenvalue weighted by molar-refractivity contribution is -0.264. The summed E-state index contributed by atoms with van der Waals surface area (Å²) in [6.07, 6.45) is 6.99. The molecule has 0 aromatic heterocycles. The SMILES string of the molecule is C=CC(C/C=C/CC)OO. The molecule has 1 atom stereocenters. The van der Waals surface area contributed by atoms with Gasteiger partial charge in [0, 0.05) is 0 Å². The second kappa shape index (κ2) is 6.52. The summed E-state index contributed by atoms with van der Waals surface area (Å²) in [6.45, 7) is 5.55. The van der Waals surface area contributed by atoms with Crippen molar-refractivity contribution < 1.29 is 10.1 Å². The van der Waals surface area contributed by atoms with Gasteiger partial charge in [-0.1, -0.05) is 25.2 Å². The quantitative estimate of drug-likeness (QED) is 0.363. The smallest absolute Gasteiger partial charge is 0.114 e. The van der Waals surface area contributed by atoms with Gasteiger partial charge in [-0.05, 0) is 12.8 Å². The van der Waals surface area contributed by atoms with Crippen LogP contribution in [-0.2, 0) is 4.89 Å². The molecule has 2 nitrogen and oxygen atoms in total. The Hall–Kier alpha value is -0.600. The molecule has 0 saturated carbocycles. The van der Waals surface area contributed by atoms with Gasteiger partial charge in [-0.25, -0.2) is 4.89 Å². The van der Waals surface area contributed by atoms with Crippen LogP contribution < -0.4 is 0 Å². The summed E-state index contributed by atoms with van der Waals surface area (Å²) in [4.78, 5) is 4.08. The number of rotatable bonds is 5. The highest BCUT2D eigenvalue weighted by Gasteiger charge is 1.97. The van der Waals surface area contributed by atoms with Crippen molar-refractivity contribution in [2.75, 3.05) is 0 Å². The van der Waals surface area contributed by atoms with Crippen molar-refractivity contribution in [3.8, 4) is 0 Å². The molecule has 0 aromatic carbocycles. The van der Waals surface area contributed by atoms with E-state index in [-0.39, 0.29) is 6.10 Å². The van der Waals surface area contributed by atoms with Crippen LogP contribution in [0.2, 0.25) is 0 Å². The minimum Gasteiger partial charge on any atom is -0.251 e. The van der Waals surface area contributed by atoms with E-state index in [2.05, 4.69) is 18.4 Å². The standard InChI is InChI=1S/C8H14O2/c1-3-5-6-7-8(4-2)10-9/h4-6,8-9H,2-3,7H2,1H3/b6-5+. The van der Waals surface area contributed by atoms with Gasteiger partial charge in [0.05, 0.1) is 0 Å². The van der Waals surface area contributed by atoms with Crippen LogP contribution in [0.3, 0.4) is 0 Å². The summed E-state index contributed by atoms with van der Waals surface area (Å²) in [5.74, 6) is 0. The van der Waals surface area contributed by atoms with Gasteiger partial charge in [-0.2, -0.15) is 0 Å². The molecule has 1 unspecified atom stereocenters. The van der Waals surface area contributed by atoms with Crippen LogP contribution in [-0.4, -0.2) is 11.4 Å². The minimum atomic E-state index is -0.261. The Morgan fingerprint density at radius 2 is 2.30 bits per heavy atom. The Labute approximate surface area is 61.8 Å². The van der Waals surface area contributed by atoms with Crippen LogP contribution in [0.15, 0.2) is 24.8 Å². The summed E-state index contributed by atoms with van der Waals surface area (Å²) in [5.41, 5.74) is 0. The fraction of sp³-hybridized carbons (Fsp3) is 0.500. The van der Waals surface area contributed by atoms with Gasteiger partial charge in [0.2, 0.25) is 0 Å². The number of allylic oxidation sites excluding steroid dienone is 1. The number of hydrogen-bond acceptors (Lipinski definition) is 2. The summed E-state index contributed by atoms with van der Waals surface area (Å²) >= 11 is 0. The topological polar surface area (TPSA) is 29.5 Å². The molecular formula is C8H14O2. The third-order valence-electron chi connectivity index (χ3n) is 1.17. The van der Waals surface area contributed by atoms with Crippen LogP contribution in [0.5, 0.6) is 0 Å². The highest BCUT2D eigenvalue weighted by molar-refractivity contribution is 4.89. The zero-order chi connectivity index (χ0) is 7.82. The van der Waals surface area contributed by atoms with Crippen molar-refractivity contribution in [1.29, 1.82) is 0 Å². The molecule has 0 aliphatic carbocycles. The average molecular weight is 142 g/mol. The fourth-order valence-corrected chi connectivity index (χ4v) is 0.579. The summed E-state index contributed by atoms with van der Waals surface area (Å²) in [6, 6.07) is 0. The summed E-state index contributed by atoms with van der Waals surface area (Å²) < 4.78 is 0. The maximum Gasteiger partial charge on any atom is 0.114 e. The molecule has 0 saturated heterocycles. The first-order chi connectivity index (χ1) is 4.85. The molecule has 0 aromatic rings. The summed E-state index contributed by atoms with van der Waals surface area (Å²) in [5, 5.41) is 8.22. The van der Waals surface area contributed by atoms with Gasteiger partial charge in [0.25, 0.3) is 0 Å². The molecule has 0 aliphatic rings. The monoisotopic (exact) mass is 142 g/mol. The molecule has 0 bridgehead atoms. The van der Waals surface area contributed by atoms with Crippen LogP contribution in [0.1, 0.15) is 19.8 Å². The lowest BCUT2D eigenvalue weighted by Crippen LogP contribution is -2.04. The van der Waals surface area contributed by atoms with E-state index in [9.17, 15) is 0 Å². The van der Waals surface area contributed by atoms with E-state index < -0.39 is 0 Å². The van der Waals surface area contributed by atoms with Crippen molar-refractivity contribution in [3.63, 3.8) is 0 Å². The van der Waals surface area contributed by atoms with Crippen molar-refractivity contribution in [3.05, 3.63) is 24.8 Å². The first kappa shape index (κ1) is 9.40. The first-order valence-corrected chi connectivity index (χ1v) is 3.43. The van der Waals surface area contributed by atoms with Gasteiger partial charge in [0.1, 0.15) is 6.10 Å². The average Bonchev–Trinajstić information content (AvgIpc) is 1.99. The Morgan fingerprint density at radius 3 is 2.70 bits per heavy atom. The third kappa shape index (κ3) is 4.30. The molecule has 0 aliphatic heterocycles. The van der Waals surface area contributed by atoms with E-state index in [4.69, 9.17) is 5.26 Å². The highest BCUT2D eigenvalue weighted by Crippen LogP contribution is 1.98. The van der Waals surface area contributed by atoms with Crippen LogP contribution in [0.25, 0.3) is 0 Å². The van der Waals surface area contributed by atoms with Gasteiger partial charge in [-0.15, -0.1) is 6.58 Å². The van der Waals surface area contributed by atoms with Crippen molar-refractivity contribution in [2.24, 2.45) is 0 Å². The largest absolute Gasteiger partial charge is 0.251 e. The van der Waals surface area contributed by atoms with Gasteiger partial charge >= 0.3 is 0 Å². The Kier molecular flexibility index (Phi) is 6.13. The van der Waals surface area contributed by atoms with E-state index >= 15 is 0 Å². The Balaban J connectivity index is 3.43. The molecule has 58 valence electrons. The van der Waals surface area contributed by atoms with Crippen molar-refractivity contribution in [1.82, 2.24) is 0 Å². The molecule has 0 radical (unpaired) electrons. The van der Waals surface area contributed by atoms with E-state index in [0.717, 1.165) is 6.42 Å². The molecule has 0 rings (SSSR count). The molecule has 1 N–H and O–H groups in total. The van der Waals surface area contributed by atoms with Crippen LogP contribution in [0, 0.1) is 0 Å². The fourth-order valence-electron chi connectivity index (χ4n) is 0.579. The van der Waals surface area contributed by atoms with Crippen LogP contribution >= 0.6 is 0 Å². The maximum absolute atomic E-state index is 8.22. The van der Waals surface area contributed by atoms with E-state index in [1.165, 1.54) is 0 Å². The second-order valence-corrected chi connectivity index (χ2v) is 1.99. The van der Waals surface area contributed by atoms with E-state index in [0.29, 0.717) is 6.42 Å². The first-order valence-electron chi connectivity index (χ1n) is 3.43. The lowest BCUT2D eigenvalue weighted by atomic mass is 10.2. The highest BCUT2D eigenvalue weighted by atomic mass is 17.1. The van der Waals surface area contributed by atoms with Crippen molar-refractivity contribution in [2.45, 2.75) is 25.9 Å². The predicted molar refractivity (Wildman–Crippen MR) is 41.7 cm³/mol. The maximum atomic E-state index is 8.22. The minimum absolute atomic E-state index is 0.261. The molecule has 0 spiro atoms. The lowest BCUT2D eigenvalue weighted by Gasteiger charge is -2.02. The summed E-state index contributed by atoms with van der Waals surface area (Å²) in [7, 11) is 0. The van der Waals surface area contributed by atoms with Gasteiger partial charge in [0.15, 0.2) is 0 Å². The van der Waals surface area contributed by atoms with Crippen LogP contribution in [0.4, 0.5) is 0 Å². The zero-order valence-electron chi connectivity index (χ0n) is 6.29. The van der Waals surface area contributed by atoms with E-state index in [1.807, 2.05) is 12.2 Å². The van der Waals surface area contributed by atoms with Gasteiger partial charge < -0.3 is 0 Å². The Bertz CT molecular complexity index is 108. The third-order valence-corrected chi connectivity index (χ3v) is 1.17. The predicted octanol–water partition coefficient (Wildman–Crippen LogP) is 2.39. The zero-order valence-corrected chi connectivity index (χ0v) is 6.29. The molecule has 0 fully saturated rings.